The fourth-order valence-electron chi connectivity index (χ4n) is 6.07. The minimum Gasteiger partial charge on any atom is -0.326 e. The monoisotopic (exact) mass is 474 g/mol. The van der Waals surface area contributed by atoms with E-state index >= 15 is 0 Å². The molecule has 3 atom stereocenters. The SMILES string of the molecule is CCCCCCCC(Cc1ccccc1)NC(C)C1CCc2c(C)cc3c(c2C1=O)CCC(=O)N3. The number of aryl methyl sites for hydroxylation is 1. The number of amides is 1. The molecule has 2 aromatic carbocycles. The molecule has 188 valence electrons. The quantitative estimate of drug-likeness (QED) is 0.362. The van der Waals surface area contributed by atoms with Crippen LogP contribution in [0.5, 0.6) is 0 Å². The zero-order valence-corrected chi connectivity index (χ0v) is 21.8. The lowest BCUT2D eigenvalue weighted by molar-refractivity contribution is -0.116. The van der Waals surface area contributed by atoms with Gasteiger partial charge >= 0.3 is 0 Å². The van der Waals surface area contributed by atoms with Gasteiger partial charge in [-0.25, -0.2) is 0 Å². The highest BCUT2D eigenvalue weighted by atomic mass is 16.1. The molecule has 0 saturated heterocycles. The maximum absolute atomic E-state index is 13.9. The number of benzene rings is 2. The number of unbranched alkanes of at least 4 members (excludes halogenated alkanes) is 4. The lowest BCUT2D eigenvalue weighted by Gasteiger charge is -2.34. The highest BCUT2D eigenvalue weighted by molar-refractivity contribution is 6.06. The minimum absolute atomic E-state index is 0.0237. The summed E-state index contributed by atoms with van der Waals surface area (Å²) in [6.45, 7) is 6.53. The second kappa shape index (κ2) is 12.0. The lowest BCUT2D eigenvalue weighted by Crippen LogP contribution is -2.46. The summed E-state index contributed by atoms with van der Waals surface area (Å²) in [4.78, 5) is 25.9. The lowest BCUT2D eigenvalue weighted by atomic mass is 9.74. The molecule has 0 radical (unpaired) electrons. The Kier molecular flexibility index (Phi) is 8.78. The fraction of sp³-hybridized carbons (Fsp3) is 0.548. The number of ketones is 1. The van der Waals surface area contributed by atoms with Crippen LogP contribution in [0.4, 0.5) is 5.69 Å². The van der Waals surface area contributed by atoms with Gasteiger partial charge in [-0.3, -0.25) is 9.59 Å². The number of Topliss-reactive ketones (excluding diaryl/α,β-unsaturated/α-hetero) is 1. The first-order valence-electron chi connectivity index (χ1n) is 13.8. The number of carbonyl (C=O) groups excluding carboxylic acids is 2. The summed E-state index contributed by atoms with van der Waals surface area (Å²) in [6.07, 6.45) is 11.5. The van der Waals surface area contributed by atoms with Crippen LogP contribution in [0.2, 0.25) is 0 Å². The average molecular weight is 475 g/mol. The Morgan fingerprint density at radius 1 is 1.00 bits per heavy atom. The van der Waals surface area contributed by atoms with Gasteiger partial charge in [0, 0.05) is 35.7 Å². The number of anilines is 1. The van der Waals surface area contributed by atoms with Gasteiger partial charge in [0.15, 0.2) is 5.78 Å². The molecular formula is C31H42N2O2. The van der Waals surface area contributed by atoms with E-state index in [4.69, 9.17) is 0 Å². The van der Waals surface area contributed by atoms with Crippen molar-refractivity contribution < 1.29 is 9.59 Å². The summed E-state index contributed by atoms with van der Waals surface area (Å²) < 4.78 is 0. The van der Waals surface area contributed by atoms with Crippen LogP contribution in [0.25, 0.3) is 0 Å². The average Bonchev–Trinajstić information content (AvgIpc) is 2.84. The molecule has 2 aromatic rings. The van der Waals surface area contributed by atoms with E-state index in [2.05, 4.69) is 67.8 Å². The first-order valence-corrected chi connectivity index (χ1v) is 13.8. The van der Waals surface area contributed by atoms with Crippen LogP contribution >= 0.6 is 0 Å². The normalized spacial score (nSPS) is 19.0. The molecule has 4 nitrogen and oxygen atoms in total. The van der Waals surface area contributed by atoms with Gasteiger partial charge in [-0.15, -0.1) is 0 Å². The Bertz CT molecular complexity index is 1030. The van der Waals surface area contributed by atoms with Crippen LogP contribution in [0.3, 0.4) is 0 Å². The maximum Gasteiger partial charge on any atom is 0.224 e. The molecule has 35 heavy (non-hydrogen) atoms. The van der Waals surface area contributed by atoms with Crippen LogP contribution in [-0.2, 0) is 24.1 Å². The van der Waals surface area contributed by atoms with Crippen LogP contribution in [0.15, 0.2) is 36.4 Å². The summed E-state index contributed by atoms with van der Waals surface area (Å²) in [6, 6.07) is 13.3. The van der Waals surface area contributed by atoms with E-state index in [1.807, 2.05) is 0 Å². The highest BCUT2D eigenvalue weighted by Gasteiger charge is 2.36. The zero-order chi connectivity index (χ0) is 24.8. The molecule has 1 amide bonds. The van der Waals surface area contributed by atoms with E-state index in [0.717, 1.165) is 48.1 Å². The Balaban J connectivity index is 1.49. The molecule has 1 aliphatic heterocycles. The van der Waals surface area contributed by atoms with E-state index in [0.29, 0.717) is 18.9 Å². The van der Waals surface area contributed by atoms with Gasteiger partial charge in [0.25, 0.3) is 0 Å². The van der Waals surface area contributed by atoms with Crippen molar-refractivity contribution >= 4 is 17.4 Å². The van der Waals surface area contributed by atoms with E-state index < -0.39 is 0 Å². The molecule has 1 aliphatic carbocycles. The standard InChI is InChI=1S/C31H42N2O2/c1-4-5-6-7-11-14-24(20-23-12-9-8-10-13-23)32-22(3)26-16-15-25-21(2)19-28-27(30(25)31(26)35)17-18-29(34)33-28/h8-10,12-13,19,22,24,26,32H,4-7,11,14-18,20H2,1-3H3,(H,33,34). The van der Waals surface area contributed by atoms with Gasteiger partial charge in [-0.1, -0.05) is 69.4 Å². The fourth-order valence-corrected chi connectivity index (χ4v) is 6.07. The van der Waals surface area contributed by atoms with Crippen molar-refractivity contribution in [1.82, 2.24) is 5.32 Å². The molecule has 0 saturated carbocycles. The van der Waals surface area contributed by atoms with Crippen molar-refractivity contribution in [2.24, 2.45) is 5.92 Å². The molecular weight excluding hydrogens is 432 g/mol. The zero-order valence-electron chi connectivity index (χ0n) is 21.8. The molecule has 0 spiro atoms. The molecule has 4 rings (SSSR count). The molecule has 2 aliphatic rings. The predicted octanol–water partition coefficient (Wildman–Crippen LogP) is 6.57. The third kappa shape index (κ3) is 6.22. The number of rotatable bonds is 11. The third-order valence-electron chi connectivity index (χ3n) is 8.01. The summed E-state index contributed by atoms with van der Waals surface area (Å²) in [5.74, 6) is 0.294. The van der Waals surface area contributed by atoms with Crippen LogP contribution < -0.4 is 10.6 Å². The maximum atomic E-state index is 13.9. The van der Waals surface area contributed by atoms with Gasteiger partial charge in [-0.05, 0) is 74.3 Å². The molecule has 3 unspecified atom stereocenters. The number of fused-ring (bicyclic) bond motifs is 3. The molecule has 0 aromatic heterocycles. The topological polar surface area (TPSA) is 58.2 Å². The van der Waals surface area contributed by atoms with Gasteiger partial charge in [0.2, 0.25) is 5.91 Å². The second-order valence-corrected chi connectivity index (χ2v) is 10.7. The summed E-state index contributed by atoms with van der Waals surface area (Å²) in [5.41, 5.74) is 6.49. The first kappa shape index (κ1) is 25.6. The number of hydrogen-bond acceptors (Lipinski definition) is 3. The Morgan fingerprint density at radius 2 is 1.77 bits per heavy atom. The van der Waals surface area contributed by atoms with Crippen molar-refractivity contribution in [3.63, 3.8) is 0 Å². The molecule has 0 bridgehead atoms. The van der Waals surface area contributed by atoms with Crippen molar-refractivity contribution in [3.05, 3.63) is 64.2 Å². The van der Waals surface area contributed by atoms with Gasteiger partial charge in [-0.2, -0.15) is 0 Å². The van der Waals surface area contributed by atoms with Gasteiger partial charge < -0.3 is 10.6 Å². The van der Waals surface area contributed by atoms with Crippen LogP contribution in [0, 0.1) is 12.8 Å². The van der Waals surface area contributed by atoms with Crippen molar-refractivity contribution in [1.29, 1.82) is 0 Å². The molecule has 0 fully saturated rings. The van der Waals surface area contributed by atoms with Gasteiger partial charge in [0.05, 0.1) is 0 Å². The summed E-state index contributed by atoms with van der Waals surface area (Å²) in [7, 11) is 0. The van der Waals surface area contributed by atoms with E-state index in [1.165, 1.54) is 43.2 Å². The molecule has 4 heteroatoms. The van der Waals surface area contributed by atoms with Crippen LogP contribution in [-0.4, -0.2) is 23.8 Å². The third-order valence-corrected chi connectivity index (χ3v) is 8.01. The van der Waals surface area contributed by atoms with E-state index in [1.54, 1.807) is 0 Å². The predicted molar refractivity (Wildman–Crippen MR) is 144 cm³/mol. The number of nitrogens with one attached hydrogen (secondary N) is 2. The Morgan fingerprint density at radius 3 is 2.54 bits per heavy atom. The summed E-state index contributed by atoms with van der Waals surface area (Å²) in [5, 5.41) is 6.90. The van der Waals surface area contributed by atoms with Crippen molar-refractivity contribution in [2.45, 2.75) is 103 Å². The second-order valence-electron chi connectivity index (χ2n) is 10.7. The Hall–Kier alpha value is -2.46. The number of carbonyl (C=O) groups is 2. The first-order chi connectivity index (χ1) is 17.0. The minimum atomic E-state index is -0.0237. The molecule has 1 heterocycles. The van der Waals surface area contributed by atoms with Crippen molar-refractivity contribution in [3.8, 4) is 0 Å². The Labute approximate surface area is 211 Å². The van der Waals surface area contributed by atoms with Crippen LogP contribution in [0.1, 0.15) is 97.8 Å². The van der Waals surface area contributed by atoms with Gasteiger partial charge in [0.1, 0.15) is 0 Å². The van der Waals surface area contributed by atoms with E-state index in [9.17, 15) is 9.59 Å². The largest absolute Gasteiger partial charge is 0.326 e. The summed E-state index contributed by atoms with van der Waals surface area (Å²) >= 11 is 0. The van der Waals surface area contributed by atoms with E-state index in [-0.39, 0.29) is 23.7 Å². The highest BCUT2D eigenvalue weighted by Crippen LogP contribution is 2.38. The number of hydrogen-bond donors (Lipinski definition) is 2. The van der Waals surface area contributed by atoms with Crippen molar-refractivity contribution in [2.75, 3.05) is 5.32 Å². The smallest absolute Gasteiger partial charge is 0.224 e. The molecule has 2 N–H and O–H groups in total.